The highest BCUT2D eigenvalue weighted by Crippen LogP contribution is 2.39. The number of aryl methyl sites for hydroxylation is 2. The van der Waals surface area contributed by atoms with Crippen molar-refractivity contribution in [3.05, 3.63) is 69.3 Å². The number of rotatable bonds is 2. The molecule has 4 rings (SSSR count). The monoisotopic (exact) mass is 352 g/mol. The molecule has 0 bridgehead atoms. The minimum absolute atomic E-state index is 0.897. The third-order valence-corrected chi connectivity index (χ3v) is 5.30. The molecule has 2 nitrogen and oxygen atoms in total. The minimum atomic E-state index is 0.897. The molecule has 2 heterocycles. The Morgan fingerprint density at radius 2 is 1.95 bits per heavy atom. The number of aromatic nitrogens is 1. The zero-order chi connectivity index (χ0) is 15.3. The number of nitrogens with zero attached hydrogens (tertiary/aromatic N) is 2. The molecule has 0 spiro atoms. The minimum Gasteiger partial charge on any atom is -0.347 e. The molecular weight excluding hydrogens is 336 g/mol. The van der Waals surface area contributed by atoms with Crippen molar-refractivity contribution >= 4 is 32.5 Å². The average Bonchev–Trinajstić information content (AvgIpc) is 2.88. The first-order valence-corrected chi connectivity index (χ1v) is 8.30. The van der Waals surface area contributed by atoms with Gasteiger partial charge < -0.3 is 4.90 Å². The Bertz CT molecular complexity index is 886. The second-order valence-electron chi connectivity index (χ2n) is 6.03. The number of benzene rings is 2. The van der Waals surface area contributed by atoms with Crippen LogP contribution in [-0.4, -0.2) is 4.98 Å². The molecule has 1 aliphatic heterocycles. The summed E-state index contributed by atoms with van der Waals surface area (Å²) in [6, 6.07) is 13.1. The first kappa shape index (κ1) is 13.8. The van der Waals surface area contributed by atoms with E-state index in [2.05, 4.69) is 76.1 Å². The first-order chi connectivity index (χ1) is 10.6. The maximum absolute atomic E-state index is 4.64. The van der Waals surface area contributed by atoms with Crippen LogP contribution >= 0.6 is 15.9 Å². The lowest BCUT2D eigenvalue weighted by Crippen LogP contribution is -2.19. The van der Waals surface area contributed by atoms with E-state index in [0.29, 0.717) is 0 Å². The zero-order valence-electron chi connectivity index (χ0n) is 12.7. The standard InChI is InChI=1S/C19H17BrN2/c1-12-3-4-14(9-13(12)2)10-22-11-16-17(20)6-5-15-7-8-21-19(22)18(15)16/h3-9H,10-11H2,1-2H3. The van der Waals surface area contributed by atoms with Gasteiger partial charge in [-0.15, -0.1) is 0 Å². The molecular formula is C19H17BrN2. The molecule has 3 aromatic rings. The molecule has 0 unspecified atom stereocenters. The molecule has 0 fully saturated rings. The Balaban J connectivity index is 1.76. The molecule has 0 aliphatic carbocycles. The summed E-state index contributed by atoms with van der Waals surface area (Å²) in [6.07, 6.45) is 1.91. The number of hydrogen-bond donors (Lipinski definition) is 0. The van der Waals surface area contributed by atoms with E-state index in [1.807, 2.05) is 6.20 Å². The van der Waals surface area contributed by atoms with E-state index in [1.54, 1.807) is 0 Å². The SMILES string of the molecule is Cc1ccc(CN2Cc3c(Br)ccc4ccnc2c34)cc1C. The van der Waals surface area contributed by atoms with Crippen LogP contribution in [-0.2, 0) is 13.1 Å². The van der Waals surface area contributed by atoms with Crippen molar-refractivity contribution in [3.63, 3.8) is 0 Å². The van der Waals surface area contributed by atoms with Crippen LogP contribution in [0.5, 0.6) is 0 Å². The van der Waals surface area contributed by atoms with Gasteiger partial charge >= 0.3 is 0 Å². The van der Waals surface area contributed by atoms with Crippen LogP contribution < -0.4 is 4.90 Å². The van der Waals surface area contributed by atoms with Gasteiger partial charge in [0.2, 0.25) is 0 Å². The lowest BCUT2D eigenvalue weighted by atomic mass is 10.1. The van der Waals surface area contributed by atoms with Crippen molar-refractivity contribution in [2.45, 2.75) is 26.9 Å². The predicted molar refractivity (Wildman–Crippen MR) is 95.2 cm³/mol. The van der Waals surface area contributed by atoms with Crippen molar-refractivity contribution in [2.24, 2.45) is 0 Å². The van der Waals surface area contributed by atoms with Crippen LogP contribution in [0.25, 0.3) is 10.8 Å². The van der Waals surface area contributed by atoms with Crippen LogP contribution in [0.2, 0.25) is 0 Å². The van der Waals surface area contributed by atoms with Gasteiger partial charge in [-0.05, 0) is 53.6 Å². The quantitative estimate of drug-likeness (QED) is 0.635. The Morgan fingerprint density at radius 1 is 1.09 bits per heavy atom. The lowest BCUT2D eigenvalue weighted by molar-refractivity contribution is 0.810. The van der Waals surface area contributed by atoms with Gasteiger partial charge in [-0.25, -0.2) is 4.98 Å². The first-order valence-electron chi connectivity index (χ1n) is 7.50. The molecule has 0 saturated heterocycles. The maximum atomic E-state index is 4.64. The van der Waals surface area contributed by atoms with Crippen LogP contribution in [0.3, 0.4) is 0 Å². The lowest BCUT2D eigenvalue weighted by Gasteiger charge is -2.19. The Labute approximate surface area is 138 Å². The van der Waals surface area contributed by atoms with E-state index in [1.165, 1.54) is 37.5 Å². The normalized spacial score (nSPS) is 13.1. The largest absolute Gasteiger partial charge is 0.347 e. The van der Waals surface area contributed by atoms with E-state index in [4.69, 9.17) is 0 Å². The van der Waals surface area contributed by atoms with Crippen molar-refractivity contribution in [1.29, 1.82) is 0 Å². The highest BCUT2D eigenvalue weighted by atomic mass is 79.9. The summed E-state index contributed by atoms with van der Waals surface area (Å²) in [4.78, 5) is 7.01. The van der Waals surface area contributed by atoms with Crippen molar-refractivity contribution in [2.75, 3.05) is 4.90 Å². The van der Waals surface area contributed by atoms with E-state index < -0.39 is 0 Å². The maximum Gasteiger partial charge on any atom is 0.137 e. The second-order valence-corrected chi connectivity index (χ2v) is 6.89. The Kier molecular flexibility index (Phi) is 3.19. The highest BCUT2D eigenvalue weighted by Gasteiger charge is 2.24. The molecule has 0 atom stereocenters. The van der Waals surface area contributed by atoms with Gasteiger partial charge in [-0.1, -0.05) is 40.2 Å². The molecule has 0 radical (unpaired) electrons. The highest BCUT2D eigenvalue weighted by molar-refractivity contribution is 9.10. The molecule has 1 aromatic heterocycles. The summed E-state index contributed by atoms with van der Waals surface area (Å²) in [6.45, 7) is 6.14. The fourth-order valence-electron chi connectivity index (χ4n) is 3.21. The summed E-state index contributed by atoms with van der Waals surface area (Å²) in [5, 5.41) is 2.56. The topological polar surface area (TPSA) is 16.1 Å². The van der Waals surface area contributed by atoms with Gasteiger partial charge in [0.05, 0.1) is 0 Å². The van der Waals surface area contributed by atoms with Crippen LogP contribution in [0.15, 0.2) is 47.1 Å². The van der Waals surface area contributed by atoms with E-state index in [0.717, 1.165) is 18.9 Å². The molecule has 22 heavy (non-hydrogen) atoms. The summed E-state index contributed by atoms with van der Waals surface area (Å²) in [5.41, 5.74) is 5.38. The summed E-state index contributed by atoms with van der Waals surface area (Å²) < 4.78 is 1.18. The third kappa shape index (κ3) is 2.12. The zero-order valence-corrected chi connectivity index (χ0v) is 14.3. The van der Waals surface area contributed by atoms with Gasteiger partial charge in [0.1, 0.15) is 5.82 Å². The fraction of sp³-hybridized carbons (Fsp3) is 0.211. The number of hydrogen-bond acceptors (Lipinski definition) is 2. The van der Waals surface area contributed by atoms with Gasteiger partial charge in [0.15, 0.2) is 0 Å². The Morgan fingerprint density at radius 3 is 2.77 bits per heavy atom. The molecule has 0 saturated carbocycles. The predicted octanol–water partition coefficient (Wildman–Crippen LogP) is 5.13. The number of halogens is 1. The third-order valence-electron chi connectivity index (χ3n) is 4.56. The van der Waals surface area contributed by atoms with Crippen molar-refractivity contribution in [1.82, 2.24) is 4.98 Å². The molecule has 0 amide bonds. The van der Waals surface area contributed by atoms with Gasteiger partial charge in [0, 0.05) is 29.1 Å². The van der Waals surface area contributed by atoms with Gasteiger partial charge in [0.25, 0.3) is 0 Å². The van der Waals surface area contributed by atoms with Crippen LogP contribution in [0.1, 0.15) is 22.3 Å². The summed E-state index contributed by atoms with van der Waals surface area (Å²) in [5.74, 6) is 1.10. The van der Waals surface area contributed by atoms with E-state index >= 15 is 0 Å². The van der Waals surface area contributed by atoms with Crippen LogP contribution in [0.4, 0.5) is 5.82 Å². The van der Waals surface area contributed by atoms with Crippen molar-refractivity contribution in [3.8, 4) is 0 Å². The fourth-order valence-corrected chi connectivity index (χ4v) is 3.67. The summed E-state index contributed by atoms with van der Waals surface area (Å²) >= 11 is 3.69. The Hall–Kier alpha value is -1.87. The van der Waals surface area contributed by atoms with Gasteiger partial charge in [-0.2, -0.15) is 0 Å². The smallest absolute Gasteiger partial charge is 0.137 e. The van der Waals surface area contributed by atoms with E-state index in [9.17, 15) is 0 Å². The molecule has 2 aromatic carbocycles. The van der Waals surface area contributed by atoms with Gasteiger partial charge in [-0.3, -0.25) is 0 Å². The molecule has 110 valence electrons. The second kappa shape index (κ2) is 5.10. The molecule has 0 N–H and O–H groups in total. The molecule has 1 aliphatic rings. The summed E-state index contributed by atoms with van der Waals surface area (Å²) in [7, 11) is 0. The number of anilines is 1. The number of pyridine rings is 1. The molecule has 3 heteroatoms. The van der Waals surface area contributed by atoms with Crippen LogP contribution in [0, 0.1) is 13.8 Å². The van der Waals surface area contributed by atoms with Crippen molar-refractivity contribution < 1.29 is 0 Å². The average molecular weight is 353 g/mol. The van der Waals surface area contributed by atoms with E-state index in [-0.39, 0.29) is 0 Å².